The van der Waals surface area contributed by atoms with Crippen LogP contribution in [0.25, 0.3) is 0 Å². The van der Waals surface area contributed by atoms with Gasteiger partial charge in [-0.05, 0) is 38.0 Å². The molecule has 0 spiro atoms. The first-order valence-electron chi connectivity index (χ1n) is 13.1. The summed E-state index contributed by atoms with van der Waals surface area (Å²) >= 11 is 0. The van der Waals surface area contributed by atoms with Crippen molar-refractivity contribution in [1.29, 1.82) is 0 Å². The maximum Gasteiger partial charge on any atom is 0.410 e. The average Bonchev–Trinajstić information content (AvgIpc) is 2.88. The summed E-state index contributed by atoms with van der Waals surface area (Å²) in [6, 6.07) is 18.8. The fraction of sp³-hybridized carbons (Fsp3) is 0.400. The highest BCUT2D eigenvalue weighted by atomic mass is 16.6. The van der Waals surface area contributed by atoms with Gasteiger partial charge in [-0.2, -0.15) is 0 Å². The number of allylic oxidation sites excluding steroid dienone is 2. The minimum absolute atomic E-state index is 0.261. The zero-order chi connectivity index (χ0) is 28.0. The van der Waals surface area contributed by atoms with Crippen LogP contribution in [0.15, 0.2) is 84.9 Å². The number of hydrazine groups is 1. The molecule has 9 heteroatoms. The van der Waals surface area contributed by atoms with Crippen molar-refractivity contribution in [3.8, 4) is 0 Å². The molecular formula is C30H37N3O6. The predicted molar refractivity (Wildman–Crippen MR) is 146 cm³/mol. The molecule has 208 valence electrons. The van der Waals surface area contributed by atoms with Gasteiger partial charge in [-0.25, -0.2) is 9.59 Å². The first-order valence-corrected chi connectivity index (χ1v) is 13.1. The van der Waals surface area contributed by atoms with Gasteiger partial charge >= 0.3 is 12.1 Å². The normalized spacial score (nSPS) is 16.5. The van der Waals surface area contributed by atoms with Gasteiger partial charge in [-0.1, -0.05) is 60.7 Å². The summed E-state index contributed by atoms with van der Waals surface area (Å²) in [5, 5.41) is 14.4. The fourth-order valence-electron chi connectivity index (χ4n) is 4.32. The zero-order valence-corrected chi connectivity index (χ0v) is 22.9. The van der Waals surface area contributed by atoms with Crippen molar-refractivity contribution in [2.45, 2.75) is 38.6 Å². The molecule has 4 rings (SSSR count). The van der Waals surface area contributed by atoms with Crippen molar-refractivity contribution < 1.29 is 28.9 Å². The summed E-state index contributed by atoms with van der Waals surface area (Å²) in [4.78, 5) is 26.7. The van der Waals surface area contributed by atoms with Crippen LogP contribution in [0.1, 0.15) is 38.0 Å². The SMILES string of the molecule is CN1C(OCC(O)C(=O)OC(c2ccccc2)c2ccccc2)=CC=CN1CC1CN(C(=O)OC(C)(C)C)C1. The van der Waals surface area contributed by atoms with E-state index in [0.717, 1.165) is 11.1 Å². The van der Waals surface area contributed by atoms with Gasteiger partial charge < -0.3 is 24.2 Å². The third-order valence-corrected chi connectivity index (χ3v) is 6.36. The molecule has 1 N–H and O–H groups in total. The minimum atomic E-state index is -1.47. The Morgan fingerprint density at radius 1 is 1.00 bits per heavy atom. The van der Waals surface area contributed by atoms with Crippen molar-refractivity contribution in [2.75, 3.05) is 33.3 Å². The Bertz CT molecular complexity index is 1130. The van der Waals surface area contributed by atoms with Crippen molar-refractivity contribution in [1.82, 2.24) is 14.9 Å². The molecule has 9 nitrogen and oxygen atoms in total. The topological polar surface area (TPSA) is 91.8 Å². The van der Waals surface area contributed by atoms with Crippen LogP contribution in [-0.2, 0) is 19.0 Å². The molecule has 2 aliphatic rings. The van der Waals surface area contributed by atoms with Crippen LogP contribution in [-0.4, -0.2) is 77.1 Å². The number of carbonyl (C=O) groups excluding carboxylic acids is 2. The lowest BCUT2D eigenvalue weighted by molar-refractivity contribution is -0.161. The number of likely N-dealkylation sites (tertiary alicyclic amines) is 1. The Morgan fingerprint density at radius 2 is 1.59 bits per heavy atom. The van der Waals surface area contributed by atoms with Gasteiger partial charge in [0.2, 0.25) is 5.88 Å². The fourth-order valence-corrected chi connectivity index (χ4v) is 4.32. The molecule has 1 unspecified atom stereocenters. The molecule has 2 heterocycles. The number of hydrogen-bond acceptors (Lipinski definition) is 8. The molecule has 1 saturated heterocycles. The van der Waals surface area contributed by atoms with E-state index >= 15 is 0 Å². The van der Waals surface area contributed by atoms with E-state index in [1.54, 1.807) is 11.0 Å². The molecule has 2 aromatic carbocycles. The van der Waals surface area contributed by atoms with Crippen molar-refractivity contribution in [3.05, 3.63) is 96.0 Å². The number of carbonyl (C=O) groups is 2. The maximum atomic E-state index is 12.8. The Kier molecular flexibility index (Phi) is 8.81. The third kappa shape index (κ3) is 7.54. The Balaban J connectivity index is 1.27. The standard InChI is InChI=1S/C30H37N3O6/c1-30(2,3)39-29(36)32-18-22(19-32)20-33-17-11-16-26(31(33)4)37-21-25(34)28(35)38-27(23-12-7-5-8-13-23)24-14-9-6-10-15-24/h5-17,22,25,27,34H,18-21H2,1-4H3. The van der Waals surface area contributed by atoms with E-state index in [1.165, 1.54) is 0 Å². The smallest absolute Gasteiger partial charge is 0.410 e. The highest BCUT2D eigenvalue weighted by Gasteiger charge is 2.35. The Morgan fingerprint density at radius 3 is 2.15 bits per heavy atom. The summed E-state index contributed by atoms with van der Waals surface area (Å²) < 4.78 is 17.0. The van der Waals surface area contributed by atoms with Crippen LogP contribution >= 0.6 is 0 Å². The van der Waals surface area contributed by atoms with Crippen LogP contribution in [0.3, 0.4) is 0 Å². The Hall–Kier alpha value is -3.98. The van der Waals surface area contributed by atoms with Crippen LogP contribution in [0, 0.1) is 5.92 Å². The highest BCUT2D eigenvalue weighted by molar-refractivity contribution is 5.75. The predicted octanol–water partition coefficient (Wildman–Crippen LogP) is 4.08. The number of ether oxygens (including phenoxy) is 3. The van der Waals surface area contributed by atoms with E-state index < -0.39 is 23.8 Å². The molecule has 2 aliphatic heterocycles. The molecule has 1 fully saturated rings. The lowest BCUT2D eigenvalue weighted by Crippen LogP contribution is -2.56. The van der Waals surface area contributed by atoms with E-state index in [1.807, 2.05) is 111 Å². The third-order valence-electron chi connectivity index (χ3n) is 6.36. The second kappa shape index (κ2) is 12.3. The maximum absolute atomic E-state index is 12.8. The summed E-state index contributed by atoms with van der Waals surface area (Å²) in [7, 11) is 1.84. The summed E-state index contributed by atoms with van der Waals surface area (Å²) in [5.74, 6) is -0.0105. The van der Waals surface area contributed by atoms with Crippen molar-refractivity contribution in [3.63, 3.8) is 0 Å². The highest BCUT2D eigenvalue weighted by Crippen LogP contribution is 2.27. The van der Waals surface area contributed by atoms with E-state index in [2.05, 4.69) is 0 Å². The van der Waals surface area contributed by atoms with E-state index in [9.17, 15) is 14.7 Å². The summed E-state index contributed by atoms with van der Waals surface area (Å²) in [6.07, 6.45) is 3.10. The first-order chi connectivity index (χ1) is 18.6. The van der Waals surface area contributed by atoms with Gasteiger partial charge in [-0.15, -0.1) is 0 Å². The summed E-state index contributed by atoms with van der Waals surface area (Å²) in [6.45, 7) is 7.19. The number of aliphatic hydroxyl groups excluding tert-OH is 1. The van der Waals surface area contributed by atoms with Gasteiger partial charge in [0.25, 0.3) is 0 Å². The minimum Gasteiger partial charge on any atom is -0.475 e. The molecule has 1 atom stereocenters. The van der Waals surface area contributed by atoms with E-state index in [-0.39, 0.29) is 18.6 Å². The first kappa shape index (κ1) is 28.0. The second-order valence-electron chi connectivity index (χ2n) is 10.7. The van der Waals surface area contributed by atoms with Gasteiger partial charge in [0, 0.05) is 44.9 Å². The zero-order valence-electron chi connectivity index (χ0n) is 22.9. The quantitative estimate of drug-likeness (QED) is 0.481. The lowest BCUT2D eigenvalue weighted by atomic mass is 10.0. The number of rotatable bonds is 9. The number of amides is 1. The van der Waals surface area contributed by atoms with E-state index in [4.69, 9.17) is 14.2 Å². The number of aliphatic hydroxyl groups is 1. The molecule has 0 bridgehead atoms. The molecule has 39 heavy (non-hydrogen) atoms. The number of benzene rings is 2. The molecule has 0 saturated carbocycles. The molecular weight excluding hydrogens is 498 g/mol. The van der Waals surface area contributed by atoms with Gasteiger partial charge in [-0.3, -0.25) is 10.0 Å². The number of esters is 1. The second-order valence-corrected chi connectivity index (χ2v) is 10.7. The number of hydrogen-bond donors (Lipinski definition) is 1. The van der Waals surface area contributed by atoms with Crippen LogP contribution in [0.5, 0.6) is 0 Å². The van der Waals surface area contributed by atoms with Crippen LogP contribution in [0.2, 0.25) is 0 Å². The largest absolute Gasteiger partial charge is 0.475 e. The summed E-state index contributed by atoms with van der Waals surface area (Å²) in [5.41, 5.74) is 1.10. The molecule has 1 amide bonds. The van der Waals surface area contributed by atoms with Crippen LogP contribution < -0.4 is 0 Å². The molecule has 0 aromatic heterocycles. The van der Waals surface area contributed by atoms with Gasteiger partial charge in [0.15, 0.2) is 12.2 Å². The van der Waals surface area contributed by atoms with Gasteiger partial charge in [0.05, 0.1) is 0 Å². The molecule has 2 aromatic rings. The van der Waals surface area contributed by atoms with Gasteiger partial charge in [0.1, 0.15) is 12.2 Å². The monoisotopic (exact) mass is 535 g/mol. The molecule has 0 radical (unpaired) electrons. The lowest BCUT2D eigenvalue weighted by Gasteiger charge is -2.44. The van der Waals surface area contributed by atoms with Crippen molar-refractivity contribution >= 4 is 12.1 Å². The Labute approximate surface area is 229 Å². The number of nitrogens with zero attached hydrogens (tertiary/aromatic N) is 3. The van der Waals surface area contributed by atoms with E-state index in [0.29, 0.717) is 25.5 Å². The molecule has 0 aliphatic carbocycles. The average molecular weight is 536 g/mol. The van der Waals surface area contributed by atoms with Crippen LogP contribution in [0.4, 0.5) is 4.79 Å². The van der Waals surface area contributed by atoms with Crippen molar-refractivity contribution in [2.24, 2.45) is 5.92 Å².